The Labute approximate surface area is 87.1 Å². The average molecular weight is 215 g/mol. The summed E-state index contributed by atoms with van der Waals surface area (Å²) in [6.07, 6.45) is 0.278. The lowest BCUT2D eigenvalue weighted by Gasteiger charge is -2.27. The molecule has 0 aromatic rings. The van der Waals surface area contributed by atoms with Gasteiger partial charge in [-0.15, -0.1) is 0 Å². The molecule has 0 aromatic heterocycles. The minimum atomic E-state index is -0.736. The monoisotopic (exact) mass is 215 g/mol. The van der Waals surface area contributed by atoms with Crippen molar-refractivity contribution in [2.45, 2.75) is 12.5 Å². The molecule has 6 nitrogen and oxygen atoms in total. The van der Waals surface area contributed by atoms with E-state index >= 15 is 0 Å². The summed E-state index contributed by atoms with van der Waals surface area (Å²) in [6.45, 7) is 0.231. The van der Waals surface area contributed by atoms with Crippen LogP contribution in [0.4, 0.5) is 4.79 Å². The van der Waals surface area contributed by atoms with Crippen LogP contribution in [0, 0.1) is 0 Å². The summed E-state index contributed by atoms with van der Waals surface area (Å²) in [7, 11) is 2.43. The van der Waals surface area contributed by atoms with Gasteiger partial charge >= 0.3 is 12.1 Å². The second-order valence-electron chi connectivity index (χ2n) is 3.02. The van der Waals surface area contributed by atoms with E-state index in [9.17, 15) is 14.7 Å². The van der Waals surface area contributed by atoms with Crippen molar-refractivity contribution in [2.24, 2.45) is 0 Å². The Hall–Kier alpha value is -1.56. The molecule has 0 fully saturated rings. The first-order valence-electron chi connectivity index (χ1n) is 4.43. The molecule has 0 bridgehead atoms. The van der Waals surface area contributed by atoms with Crippen LogP contribution in [0.15, 0.2) is 11.8 Å². The van der Waals surface area contributed by atoms with Gasteiger partial charge in [0.1, 0.15) is 5.70 Å². The summed E-state index contributed by atoms with van der Waals surface area (Å²) in [5.74, 6) is -0.667. The molecule has 1 amide bonds. The number of ether oxygens (including phenoxy) is 2. The molecule has 0 aliphatic carbocycles. The van der Waals surface area contributed by atoms with Gasteiger partial charge in [-0.2, -0.15) is 0 Å². The van der Waals surface area contributed by atoms with Crippen LogP contribution in [-0.2, 0) is 14.3 Å². The molecule has 15 heavy (non-hydrogen) atoms. The number of esters is 1. The zero-order valence-electron chi connectivity index (χ0n) is 8.60. The number of aliphatic hydroxyl groups is 1. The molecule has 1 heterocycles. The first-order valence-corrected chi connectivity index (χ1v) is 4.43. The summed E-state index contributed by atoms with van der Waals surface area (Å²) < 4.78 is 9.00. The van der Waals surface area contributed by atoms with E-state index in [1.54, 1.807) is 0 Å². The van der Waals surface area contributed by atoms with Gasteiger partial charge in [-0.05, 0) is 12.5 Å². The molecule has 0 saturated heterocycles. The van der Waals surface area contributed by atoms with Crippen LogP contribution in [-0.4, -0.2) is 48.9 Å². The lowest BCUT2D eigenvalue weighted by molar-refractivity contribution is -0.138. The third-order valence-corrected chi connectivity index (χ3v) is 2.08. The van der Waals surface area contributed by atoms with Gasteiger partial charge in [-0.3, -0.25) is 4.90 Å². The van der Waals surface area contributed by atoms with E-state index in [1.165, 1.54) is 20.3 Å². The van der Waals surface area contributed by atoms with E-state index < -0.39 is 18.2 Å². The van der Waals surface area contributed by atoms with Gasteiger partial charge in [0, 0.05) is 6.54 Å². The van der Waals surface area contributed by atoms with Crippen molar-refractivity contribution in [2.75, 3.05) is 20.8 Å². The predicted molar refractivity (Wildman–Crippen MR) is 49.8 cm³/mol. The number of carbonyl (C=O) groups is 2. The van der Waals surface area contributed by atoms with Gasteiger partial charge < -0.3 is 14.6 Å². The normalized spacial score (nSPS) is 20.6. The van der Waals surface area contributed by atoms with Crippen molar-refractivity contribution in [3.8, 4) is 0 Å². The molecule has 0 radical (unpaired) electrons. The molecule has 84 valence electrons. The predicted octanol–water partition coefficient (Wildman–Crippen LogP) is -0.124. The van der Waals surface area contributed by atoms with Crippen molar-refractivity contribution in [3.63, 3.8) is 0 Å². The third-order valence-electron chi connectivity index (χ3n) is 2.08. The smallest absolute Gasteiger partial charge is 0.414 e. The topological polar surface area (TPSA) is 76.1 Å². The molecule has 0 spiro atoms. The van der Waals surface area contributed by atoms with E-state index in [0.717, 1.165) is 4.90 Å². The second kappa shape index (κ2) is 4.79. The highest BCUT2D eigenvalue weighted by atomic mass is 16.5. The van der Waals surface area contributed by atoms with Crippen LogP contribution in [0.1, 0.15) is 6.42 Å². The van der Waals surface area contributed by atoms with E-state index in [4.69, 9.17) is 0 Å². The summed E-state index contributed by atoms with van der Waals surface area (Å²) in [4.78, 5) is 23.7. The third kappa shape index (κ3) is 2.47. The number of aliphatic hydroxyl groups excluding tert-OH is 1. The lowest BCUT2D eigenvalue weighted by atomic mass is 10.1. The summed E-state index contributed by atoms with van der Waals surface area (Å²) in [5.41, 5.74) is 0.0168. The van der Waals surface area contributed by atoms with Crippen molar-refractivity contribution in [3.05, 3.63) is 11.8 Å². The molecule has 1 aliphatic rings. The first kappa shape index (κ1) is 11.5. The minimum absolute atomic E-state index is 0.0168. The average Bonchev–Trinajstić information content (AvgIpc) is 2.26. The van der Waals surface area contributed by atoms with Gasteiger partial charge in [-0.25, -0.2) is 9.59 Å². The number of rotatable bonds is 1. The maximum atomic E-state index is 11.3. The molecule has 0 aromatic carbocycles. The molecule has 1 unspecified atom stereocenters. The Kier molecular flexibility index (Phi) is 3.68. The minimum Gasteiger partial charge on any atom is -0.464 e. The Morgan fingerprint density at radius 1 is 1.47 bits per heavy atom. The first-order chi connectivity index (χ1) is 7.10. The number of methoxy groups -OCH3 is 2. The maximum absolute atomic E-state index is 11.3. The molecule has 1 rings (SSSR count). The van der Waals surface area contributed by atoms with Gasteiger partial charge in [0.15, 0.2) is 0 Å². The molecule has 1 N–H and O–H groups in total. The summed E-state index contributed by atoms with van der Waals surface area (Å²) in [5, 5.41) is 9.33. The molecule has 1 atom stereocenters. The quantitative estimate of drug-likeness (QED) is 0.617. The maximum Gasteiger partial charge on any atom is 0.414 e. The van der Waals surface area contributed by atoms with Crippen LogP contribution in [0.3, 0.4) is 0 Å². The Morgan fingerprint density at radius 2 is 2.13 bits per heavy atom. The Balaban J connectivity index is 2.92. The van der Waals surface area contributed by atoms with Crippen molar-refractivity contribution < 1.29 is 24.2 Å². The fourth-order valence-corrected chi connectivity index (χ4v) is 1.32. The molecular formula is C9H13NO5. The lowest BCUT2D eigenvalue weighted by Crippen LogP contribution is -2.39. The second-order valence-corrected chi connectivity index (χ2v) is 3.02. The number of carbonyl (C=O) groups excluding carboxylic acids is 2. The highest BCUT2D eigenvalue weighted by molar-refractivity contribution is 5.92. The van der Waals surface area contributed by atoms with Crippen molar-refractivity contribution >= 4 is 12.1 Å². The van der Waals surface area contributed by atoms with E-state index in [1.807, 2.05) is 0 Å². The van der Waals surface area contributed by atoms with Crippen LogP contribution in [0.2, 0.25) is 0 Å². The Morgan fingerprint density at radius 3 is 2.67 bits per heavy atom. The molecular weight excluding hydrogens is 202 g/mol. The van der Waals surface area contributed by atoms with Gasteiger partial charge in [0.2, 0.25) is 0 Å². The van der Waals surface area contributed by atoms with Crippen molar-refractivity contribution in [1.82, 2.24) is 4.90 Å². The highest BCUT2D eigenvalue weighted by Gasteiger charge is 2.29. The standard InChI is InChI=1S/C9H13NO5/c1-14-8(12)7-5-6(11)3-4-10(7)9(13)15-2/h5-6,11H,3-4H2,1-2H3. The Bertz CT molecular complexity index is 299. The van der Waals surface area contributed by atoms with E-state index in [2.05, 4.69) is 9.47 Å². The largest absolute Gasteiger partial charge is 0.464 e. The fourth-order valence-electron chi connectivity index (χ4n) is 1.32. The van der Waals surface area contributed by atoms with Crippen LogP contribution < -0.4 is 0 Å². The molecule has 1 aliphatic heterocycles. The van der Waals surface area contributed by atoms with Gasteiger partial charge in [0.25, 0.3) is 0 Å². The van der Waals surface area contributed by atoms with E-state index in [0.29, 0.717) is 6.42 Å². The molecule has 0 saturated carbocycles. The van der Waals surface area contributed by atoms with Crippen LogP contribution in [0.25, 0.3) is 0 Å². The number of amides is 1. The summed E-state index contributed by atoms with van der Waals surface area (Å²) >= 11 is 0. The zero-order valence-corrected chi connectivity index (χ0v) is 8.60. The SMILES string of the molecule is COC(=O)C1=CC(O)CCN1C(=O)OC. The van der Waals surface area contributed by atoms with E-state index in [-0.39, 0.29) is 12.2 Å². The van der Waals surface area contributed by atoms with Gasteiger partial charge in [0.05, 0.1) is 20.3 Å². The number of hydrogen-bond acceptors (Lipinski definition) is 5. The van der Waals surface area contributed by atoms with Crippen LogP contribution >= 0.6 is 0 Å². The number of hydrogen-bond donors (Lipinski definition) is 1. The van der Waals surface area contributed by atoms with Crippen LogP contribution in [0.5, 0.6) is 0 Å². The highest BCUT2D eigenvalue weighted by Crippen LogP contribution is 2.17. The summed E-state index contributed by atoms with van der Waals surface area (Å²) in [6, 6.07) is 0. The molecule has 6 heteroatoms. The van der Waals surface area contributed by atoms with Gasteiger partial charge in [-0.1, -0.05) is 0 Å². The zero-order chi connectivity index (χ0) is 11.4. The number of nitrogens with zero attached hydrogens (tertiary/aromatic N) is 1. The fraction of sp³-hybridized carbons (Fsp3) is 0.556. The van der Waals surface area contributed by atoms with Crippen molar-refractivity contribution in [1.29, 1.82) is 0 Å².